The van der Waals surface area contributed by atoms with Gasteiger partial charge in [-0.15, -0.1) is 0 Å². The fraction of sp³-hybridized carbons (Fsp3) is 0.208. The van der Waals surface area contributed by atoms with Crippen LogP contribution in [-0.2, 0) is 6.42 Å². The van der Waals surface area contributed by atoms with E-state index in [0.717, 1.165) is 10.5 Å². The lowest BCUT2D eigenvalue weighted by Crippen LogP contribution is -2.41. The maximum Gasteiger partial charge on any atom is 0.260 e. The van der Waals surface area contributed by atoms with Crippen LogP contribution in [0.3, 0.4) is 0 Å². The first-order valence-corrected chi connectivity index (χ1v) is 10.4. The van der Waals surface area contributed by atoms with Gasteiger partial charge in [-0.3, -0.25) is 4.79 Å². The van der Waals surface area contributed by atoms with Gasteiger partial charge in [0.25, 0.3) is 5.91 Å². The number of hydrogen-bond acceptors (Lipinski definition) is 3. The van der Waals surface area contributed by atoms with E-state index in [1.165, 1.54) is 14.2 Å². The monoisotopic (exact) mass is 497 g/mol. The summed E-state index contributed by atoms with van der Waals surface area (Å²) in [5.41, 5.74) is 0.116. The summed E-state index contributed by atoms with van der Waals surface area (Å²) < 4.78 is 80.9. The molecule has 0 spiro atoms. The Morgan fingerprint density at radius 1 is 0.882 bits per heavy atom. The number of amides is 1. The minimum Gasteiger partial charge on any atom is -0.493 e. The smallest absolute Gasteiger partial charge is 0.260 e. The molecule has 0 aliphatic carbocycles. The Morgan fingerprint density at radius 3 is 2.03 bits per heavy atom. The van der Waals surface area contributed by atoms with Crippen LogP contribution < -0.4 is 9.47 Å². The Bertz CT molecular complexity index is 1270. The Morgan fingerprint density at radius 2 is 1.44 bits per heavy atom. The van der Waals surface area contributed by atoms with Crippen molar-refractivity contribution in [2.75, 3.05) is 20.8 Å². The zero-order valence-electron chi connectivity index (χ0n) is 17.9. The highest BCUT2D eigenvalue weighted by molar-refractivity contribution is 6.31. The maximum absolute atomic E-state index is 14.5. The van der Waals surface area contributed by atoms with E-state index in [0.29, 0.717) is 22.6 Å². The van der Waals surface area contributed by atoms with Crippen LogP contribution in [0.25, 0.3) is 0 Å². The van der Waals surface area contributed by atoms with Gasteiger partial charge < -0.3 is 14.4 Å². The van der Waals surface area contributed by atoms with Crippen molar-refractivity contribution in [3.63, 3.8) is 0 Å². The van der Waals surface area contributed by atoms with E-state index in [-0.39, 0.29) is 18.0 Å². The summed E-state index contributed by atoms with van der Waals surface area (Å²) in [4.78, 5) is 14.4. The lowest BCUT2D eigenvalue weighted by molar-refractivity contribution is 0.0680. The molecule has 0 unspecified atom stereocenters. The van der Waals surface area contributed by atoms with Gasteiger partial charge >= 0.3 is 0 Å². The minimum absolute atomic E-state index is 0.0866. The lowest BCUT2D eigenvalue weighted by Gasteiger charge is -2.38. The van der Waals surface area contributed by atoms with Crippen molar-refractivity contribution >= 4 is 17.5 Å². The highest BCUT2D eigenvalue weighted by Gasteiger charge is 2.39. The number of hydrogen-bond donors (Lipinski definition) is 0. The summed E-state index contributed by atoms with van der Waals surface area (Å²) in [6, 6.07) is 8.78. The van der Waals surface area contributed by atoms with Gasteiger partial charge in [-0.1, -0.05) is 29.8 Å². The van der Waals surface area contributed by atoms with Gasteiger partial charge in [0.15, 0.2) is 34.8 Å². The molecule has 1 amide bonds. The van der Waals surface area contributed by atoms with E-state index in [9.17, 15) is 26.7 Å². The zero-order valence-corrected chi connectivity index (χ0v) is 18.7. The second kappa shape index (κ2) is 9.13. The highest BCUT2D eigenvalue weighted by atomic mass is 35.5. The third kappa shape index (κ3) is 3.73. The van der Waals surface area contributed by atoms with Gasteiger partial charge in [0, 0.05) is 11.6 Å². The van der Waals surface area contributed by atoms with Crippen molar-refractivity contribution in [2.24, 2.45) is 0 Å². The van der Waals surface area contributed by atoms with Crippen LogP contribution in [0.15, 0.2) is 36.4 Å². The second-order valence-electron chi connectivity index (χ2n) is 7.52. The number of carbonyl (C=O) groups is 1. The predicted octanol–water partition coefficient (Wildman–Crippen LogP) is 5.84. The largest absolute Gasteiger partial charge is 0.493 e. The van der Waals surface area contributed by atoms with Crippen LogP contribution in [-0.4, -0.2) is 31.6 Å². The van der Waals surface area contributed by atoms with E-state index < -0.39 is 46.6 Å². The molecule has 4 rings (SSSR count). The molecular weight excluding hydrogens is 481 g/mol. The molecule has 10 heteroatoms. The number of methoxy groups -OCH3 is 2. The molecule has 3 aromatic rings. The van der Waals surface area contributed by atoms with Gasteiger partial charge in [0.05, 0.1) is 20.3 Å². The van der Waals surface area contributed by atoms with E-state index in [4.69, 9.17) is 21.1 Å². The van der Waals surface area contributed by atoms with E-state index in [1.54, 1.807) is 36.4 Å². The molecule has 0 radical (unpaired) electrons. The van der Waals surface area contributed by atoms with Gasteiger partial charge in [-0.05, 0) is 41.3 Å². The number of halogens is 6. The first kappa shape index (κ1) is 23.8. The van der Waals surface area contributed by atoms with Crippen molar-refractivity contribution in [2.45, 2.75) is 12.5 Å². The van der Waals surface area contributed by atoms with Gasteiger partial charge in [0.2, 0.25) is 5.82 Å². The van der Waals surface area contributed by atoms with Crippen LogP contribution in [0.1, 0.15) is 33.1 Å². The number of nitrogens with zero attached hydrogens (tertiary/aromatic N) is 1. The summed E-state index contributed by atoms with van der Waals surface area (Å²) in [5.74, 6) is -11.7. The van der Waals surface area contributed by atoms with Gasteiger partial charge in [0.1, 0.15) is 5.56 Å². The summed E-state index contributed by atoms with van der Waals surface area (Å²) in [5, 5.41) is 0.241. The molecule has 4 nitrogen and oxygen atoms in total. The van der Waals surface area contributed by atoms with Crippen LogP contribution in [0.2, 0.25) is 5.02 Å². The first-order valence-electron chi connectivity index (χ1n) is 10.0. The van der Waals surface area contributed by atoms with Crippen LogP contribution >= 0.6 is 11.6 Å². The molecule has 0 saturated heterocycles. The Balaban J connectivity index is 1.94. The molecule has 1 atom stereocenters. The second-order valence-corrected chi connectivity index (χ2v) is 7.93. The van der Waals surface area contributed by atoms with Crippen molar-refractivity contribution in [1.29, 1.82) is 0 Å². The standard InChI is InChI=1S/C24H17ClF5NO3/c1-33-15-9-11-7-8-31(24(32)17-18(26)20(28)22(30)21(29)19(17)27)23(13(11)10-16(15)34-2)12-5-3-4-6-14(12)25/h3-6,9-10,23H,7-8H2,1-2H3/t23-/m0/s1. The molecule has 0 aromatic heterocycles. The molecule has 0 bridgehead atoms. The van der Waals surface area contributed by atoms with E-state index >= 15 is 0 Å². The number of benzene rings is 3. The van der Waals surface area contributed by atoms with Crippen molar-refractivity contribution < 1.29 is 36.2 Å². The summed E-state index contributed by atoms with van der Waals surface area (Å²) >= 11 is 6.39. The molecule has 178 valence electrons. The third-order valence-corrected chi connectivity index (χ3v) is 6.10. The Kier molecular flexibility index (Phi) is 6.40. The molecule has 3 aromatic carbocycles. The van der Waals surface area contributed by atoms with Crippen molar-refractivity contribution in [3.8, 4) is 11.5 Å². The van der Waals surface area contributed by atoms with Gasteiger partial charge in [-0.25, -0.2) is 22.0 Å². The molecule has 0 N–H and O–H groups in total. The molecule has 34 heavy (non-hydrogen) atoms. The van der Waals surface area contributed by atoms with Crippen LogP contribution in [0, 0.1) is 29.1 Å². The normalized spacial score (nSPS) is 15.2. The highest BCUT2D eigenvalue weighted by Crippen LogP contribution is 2.43. The average molecular weight is 498 g/mol. The van der Waals surface area contributed by atoms with Gasteiger partial charge in [-0.2, -0.15) is 0 Å². The fourth-order valence-electron chi connectivity index (χ4n) is 4.13. The Labute approximate surface area is 196 Å². The molecule has 0 saturated carbocycles. The summed E-state index contributed by atoms with van der Waals surface area (Å²) in [7, 11) is 2.87. The molecule has 1 heterocycles. The molecule has 1 aliphatic rings. The number of ether oxygens (including phenoxy) is 2. The van der Waals surface area contributed by atoms with E-state index in [1.807, 2.05) is 0 Å². The van der Waals surface area contributed by atoms with Crippen molar-refractivity contribution in [3.05, 3.63) is 92.8 Å². The van der Waals surface area contributed by atoms with Crippen LogP contribution in [0.5, 0.6) is 11.5 Å². The topological polar surface area (TPSA) is 38.8 Å². The zero-order chi connectivity index (χ0) is 24.7. The SMILES string of the molecule is COc1cc2c(cc1OC)[C@H](c1ccccc1Cl)N(C(=O)c1c(F)c(F)c(F)c(F)c1F)CC2. The lowest BCUT2D eigenvalue weighted by atomic mass is 9.87. The maximum atomic E-state index is 14.5. The number of carbonyl (C=O) groups excluding carboxylic acids is 1. The first-order chi connectivity index (χ1) is 16.2. The number of fused-ring (bicyclic) bond motifs is 1. The summed E-state index contributed by atoms with van der Waals surface area (Å²) in [6.07, 6.45) is 0.220. The quantitative estimate of drug-likeness (QED) is 0.258. The summed E-state index contributed by atoms with van der Waals surface area (Å²) in [6.45, 7) is -0.0866. The predicted molar refractivity (Wildman–Crippen MR) is 114 cm³/mol. The number of rotatable bonds is 4. The van der Waals surface area contributed by atoms with E-state index in [2.05, 4.69) is 0 Å². The molecule has 0 fully saturated rings. The fourth-order valence-corrected chi connectivity index (χ4v) is 4.37. The Hall–Kier alpha value is -3.33. The van der Waals surface area contributed by atoms with Crippen LogP contribution in [0.4, 0.5) is 22.0 Å². The van der Waals surface area contributed by atoms with Crippen molar-refractivity contribution in [1.82, 2.24) is 4.90 Å². The average Bonchev–Trinajstić information content (AvgIpc) is 2.85. The molecule has 1 aliphatic heterocycles. The third-order valence-electron chi connectivity index (χ3n) is 5.76. The molecular formula is C24H17ClF5NO3. The minimum atomic E-state index is -2.34.